The molecule has 1 aliphatic rings. The molecule has 0 amide bonds. The van der Waals surface area contributed by atoms with E-state index in [1.54, 1.807) is 18.2 Å². The van der Waals surface area contributed by atoms with Gasteiger partial charge in [0, 0.05) is 13.1 Å². The summed E-state index contributed by atoms with van der Waals surface area (Å²) in [5.41, 5.74) is 7.12. The van der Waals surface area contributed by atoms with Crippen LogP contribution in [0.4, 0.5) is 5.69 Å². The van der Waals surface area contributed by atoms with Crippen molar-refractivity contribution in [2.75, 3.05) is 18.8 Å². The van der Waals surface area contributed by atoms with E-state index in [0.29, 0.717) is 18.8 Å². The molecule has 0 atom stereocenters. The highest BCUT2D eigenvalue weighted by atomic mass is 32.2. The van der Waals surface area contributed by atoms with Crippen LogP contribution in [0.15, 0.2) is 23.1 Å². The van der Waals surface area contributed by atoms with Crippen molar-refractivity contribution in [1.82, 2.24) is 4.31 Å². The Hall–Kier alpha value is -1.07. The van der Waals surface area contributed by atoms with E-state index in [9.17, 15) is 8.42 Å². The predicted octanol–water partition coefficient (Wildman–Crippen LogP) is 1.75. The summed E-state index contributed by atoms with van der Waals surface area (Å²) in [6.45, 7) is 3.11. The first-order valence-electron chi connectivity index (χ1n) is 5.88. The van der Waals surface area contributed by atoms with Crippen molar-refractivity contribution in [3.63, 3.8) is 0 Å². The third-order valence-corrected chi connectivity index (χ3v) is 5.07. The summed E-state index contributed by atoms with van der Waals surface area (Å²) in [5.74, 6) is 0. The molecule has 1 saturated heterocycles. The Morgan fingerprint density at radius 2 is 1.82 bits per heavy atom. The Morgan fingerprint density at radius 1 is 1.18 bits per heavy atom. The maximum absolute atomic E-state index is 12.4. The number of nitrogen functional groups attached to an aromatic ring is 1. The molecule has 0 radical (unpaired) electrons. The van der Waals surface area contributed by atoms with Crippen LogP contribution in [0.25, 0.3) is 0 Å². The number of nitrogens with two attached hydrogens (primary N) is 1. The zero-order valence-corrected chi connectivity index (χ0v) is 10.8. The number of aryl methyl sites for hydroxylation is 1. The van der Waals surface area contributed by atoms with E-state index in [1.165, 1.54) is 4.31 Å². The highest BCUT2D eigenvalue weighted by molar-refractivity contribution is 7.89. The SMILES string of the molecule is Cc1ccc(S(=O)(=O)N2CCCCC2)c(N)c1. The molecule has 5 heteroatoms. The zero-order chi connectivity index (χ0) is 12.5. The van der Waals surface area contributed by atoms with Crippen molar-refractivity contribution in [1.29, 1.82) is 0 Å². The molecule has 17 heavy (non-hydrogen) atoms. The molecule has 4 nitrogen and oxygen atoms in total. The standard InChI is InChI=1S/C12H18N2O2S/c1-10-5-6-12(11(13)9-10)17(15,16)14-7-3-2-4-8-14/h5-6,9H,2-4,7-8,13H2,1H3. The number of sulfonamides is 1. The van der Waals surface area contributed by atoms with E-state index in [1.807, 2.05) is 6.92 Å². The molecular formula is C12H18N2O2S. The highest BCUT2D eigenvalue weighted by Gasteiger charge is 2.27. The van der Waals surface area contributed by atoms with Gasteiger partial charge in [0.15, 0.2) is 0 Å². The summed E-state index contributed by atoms with van der Waals surface area (Å²) >= 11 is 0. The molecule has 2 N–H and O–H groups in total. The third-order valence-electron chi connectivity index (χ3n) is 3.10. The lowest BCUT2D eigenvalue weighted by Crippen LogP contribution is -2.35. The van der Waals surface area contributed by atoms with Gasteiger partial charge in [0.25, 0.3) is 0 Å². The molecular weight excluding hydrogens is 236 g/mol. The van der Waals surface area contributed by atoms with E-state index in [-0.39, 0.29) is 4.90 Å². The number of nitrogens with zero attached hydrogens (tertiary/aromatic N) is 1. The second kappa shape index (κ2) is 4.66. The Labute approximate surface area is 102 Å². The Bertz CT molecular complexity index is 505. The average Bonchev–Trinajstić information content (AvgIpc) is 2.29. The number of hydrogen-bond donors (Lipinski definition) is 1. The van der Waals surface area contributed by atoms with Crippen LogP contribution >= 0.6 is 0 Å². The fraction of sp³-hybridized carbons (Fsp3) is 0.500. The Kier molecular flexibility index (Phi) is 3.40. The molecule has 0 bridgehead atoms. The maximum Gasteiger partial charge on any atom is 0.245 e. The van der Waals surface area contributed by atoms with Gasteiger partial charge in [-0.3, -0.25) is 0 Å². The fourth-order valence-electron chi connectivity index (χ4n) is 2.15. The first kappa shape index (κ1) is 12.4. The molecule has 1 aromatic rings. The van der Waals surface area contributed by atoms with Crippen molar-refractivity contribution in [3.05, 3.63) is 23.8 Å². The molecule has 1 aliphatic heterocycles. The van der Waals surface area contributed by atoms with E-state index in [2.05, 4.69) is 0 Å². The lowest BCUT2D eigenvalue weighted by atomic mass is 10.2. The number of rotatable bonds is 2. The van der Waals surface area contributed by atoms with Gasteiger partial charge in [0.2, 0.25) is 10.0 Å². The molecule has 0 saturated carbocycles. The molecule has 0 spiro atoms. The van der Waals surface area contributed by atoms with Gasteiger partial charge in [-0.2, -0.15) is 4.31 Å². The first-order valence-corrected chi connectivity index (χ1v) is 7.32. The average molecular weight is 254 g/mol. The number of piperidine rings is 1. The summed E-state index contributed by atoms with van der Waals surface area (Å²) in [4.78, 5) is 0.241. The van der Waals surface area contributed by atoms with E-state index in [0.717, 1.165) is 24.8 Å². The first-order chi connectivity index (χ1) is 8.01. The van der Waals surface area contributed by atoms with Crippen LogP contribution in [0.2, 0.25) is 0 Å². The van der Waals surface area contributed by atoms with Gasteiger partial charge in [0.1, 0.15) is 4.90 Å². The van der Waals surface area contributed by atoms with Crippen molar-refractivity contribution in [3.8, 4) is 0 Å². The highest BCUT2D eigenvalue weighted by Crippen LogP contribution is 2.25. The van der Waals surface area contributed by atoms with Gasteiger partial charge < -0.3 is 5.73 Å². The summed E-state index contributed by atoms with van der Waals surface area (Å²) in [5, 5.41) is 0. The summed E-state index contributed by atoms with van der Waals surface area (Å²) in [6, 6.07) is 5.10. The monoisotopic (exact) mass is 254 g/mol. The van der Waals surface area contributed by atoms with Gasteiger partial charge in [0.05, 0.1) is 5.69 Å². The fourth-order valence-corrected chi connectivity index (χ4v) is 3.76. The Balaban J connectivity index is 2.37. The van der Waals surface area contributed by atoms with Crippen LogP contribution in [0, 0.1) is 6.92 Å². The van der Waals surface area contributed by atoms with E-state index >= 15 is 0 Å². The number of benzene rings is 1. The molecule has 1 heterocycles. The minimum atomic E-state index is -3.40. The zero-order valence-electron chi connectivity index (χ0n) is 10.0. The van der Waals surface area contributed by atoms with Crippen LogP contribution in [0.3, 0.4) is 0 Å². The second-order valence-corrected chi connectivity index (χ2v) is 6.41. The van der Waals surface area contributed by atoms with Gasteiger partial charge in [-0.1, -0.05) is 12.5 Å². The molecule has 0 aromatic heterocycles. The summed E-state index contributed by atoms with van der Waals surface area (Å²) in [6.07, 6.45) is 2.98. The molecule has 0 aliphatic carbocycles. The normalized spacial score (nSPS) is 18.2. The van der Waals surface area contributed by atoms with Gasteiger partial charge in [-0.15, -0.1) is 0 Å². The van der Waals surface area contributed by atoms with Crippen molar-refractivity contribution in [2.45, 2.75) is 31.1 Å². The molecule has 1 aromatic carbocycles. The van der Waals surface area contributed by atoms with Gasteiger partial charge in [-0.05, 0) is 37.5 Å². The molecule has 94 valence electrons. The van der Waals surface area contributed by atoms with Gasteiger partial charge >= 0.3 is 0 Å². The molecule has 2 rings (SSSR count). The van der Waals surface area contributed by atoms with Crippen molar-refractivity contribution in [2.24, 2.45) is 0 Å². The van der Waals surface area contributed by atoms with E-state index in [4.69, 9.17) is 5.73 Å². The molecule has 0 unspecified atom stereocenters. The van der Waals surface area contributed by atoms with Crippen molar-refractivity contribution < 1.29 is 8.42 Å². The predicted molar refractivity (Wildman–Crippen MR) is 68.2 cm³/mol. The summed E-state index contributed by atoms with van der Waals surface area (Å²) in [7, 11) is -3.40. The smallest absolute Gasteiger partial charge is 0.245 e. The minimum Gasteiger partial charge on any atom is -0.398 e. The second-order valence-electron chi connectivity index (χ2n) is 4.51. The van der Waals surface area contributed by atoms with Crippen LogP contribution in [-0.2, 0) is 10.0 Å². The van der Waals surface area contributed by atoms with Crippen LogP contribution in [-0.4, -0.2) is 25.8 Å². The lowest BCUT2D eigenvalue weighted by Gasteiger charge is -2.26. The largest absolute Gasteiger partial charge is 0.398 e. The number of hydrogen-bond acceptors (Lipinski definition) is 3. The van der Waals surface area contributed by atoms with Gasteiger partial charge in [-0.25, -0.2) is 8.42 Å². The number of anilines is 1. The maximum atomic E-state index is 12.4. The third kappa shape index (κ3) is 2.45. The minimum absolute atomic E-state index is 0.241. The van der Waals surface area contributed by atoms with Crippen LogP contribution < -0.4 is 5.73 Å². The quantitative estimate of drug-likeness (QED) is 0.818. The van der Waals surface area contributed by atoms with E-state index < -0.39 is 10.0 Å². The lowest BCUT2D eigenvalue weighted by molar-refractivity contribution is 0.347. The molecule has 1 fully saturated rings. The summed E-state index contributed by atoms with van der Waals surface area (Å²) < 4.78 is 26.3. The van der Waals surface area contributed by atoms with Crippen LogP contribution in [0.1, 0.15) is 24.8 Å². The Morgan fingerprint density at radius 3 is 2.41 bits per heavy atom. The van der Waals surface area contributed by atoms with Crippen molar-refractivity contribution >= 4 is 15.7 Å². The topological polar surface area (TPSA) is 63.4 Å². The van der Waals surface area contributed by atoms with Crippen LogP contribution in [0.5, 0.6) is 0 Å².